The van der Waals surface area contributed by atoms with Gasteiger partial charge in [0.25, 0.3) is 0 Å². The van der Waals surface area contributed by atoms with Crippen LogP contribution in [0.25, 0.3) is 38.6 Å². The number of rotatable bonds is 1. The van der Waals surface area contributed by atoms with Gasteiger partial charge in [-0.1, -0.05) is 115 Å². The van der Waals surface area contributed by atoms with Gasteiger partial charge in [0.2, 0.25) is 0 Å². The number of fused-ring (bicyclic) bond motifs is 12. The molecule has 3 heterocycles. The van der Waals surface area contributed by atoms with E-state index < -0.39 is 8.07 Å². The molecule has 0 aliphatic carbocycles. The summed E-state index contributed by atoms with van der Waals surface area (Å²) in [6.45, 7) is 0. The Hall–Kier alpha value is -4.31. The molecule has 0 atom stereocenters. The van der Waals surface area contributed by atoms with Crippen molar-refractivity contribution in [2.75, 3.05) is 0 Å². The summed E-state index contributed by atoms with van der Waals surface area (Å²) in [7, 11) is -2.52. The van der Waals surface area contributed by atoms with Crippen LogP contribution in [0.2, 0.25) is 0 Å². The maximum Gasteiger partial charge on any atom is 0.183 e. The molecule has 0 fully saturated rings. The van der Waals surface area contributed by atoms with Crippen LogP contribution in [0.3, 0.4) is 0 Å². The molecule has 0 unspecified atom stereocenters. The van der Waals surface area contributed by atoms with Gasteiger partial charge in [0.05, 0.1) is 11.0 Å². The fraction of sp³-hybridized carbons (Fsp3) is 0. The van der Waals surface area contributed by atoms with Crippen molar-refractivity contribution < 1.29 is 0 Å². The lowest BCUT2D eigenvalue weighted by atomic mass is 10.1. The lowest BCUT2D eigenvalue weighted by molar-refractivity contribution is 1.17. The Morgan fingerprint density at radius 1 is 0.436 bits per heavy atom. The summed E-state index contributed by atoms with van der Waals surface area (Å²) in [5.41, 5.74) is 6.54. The molecule has 3 heteroatoms. The third-order valence-electron chi connectivity index (χ3n) is 8.67. The van der Waals surface area contributed by atoms with E-state index in [9.17, 15) is 0 Å². The maximum absolute atomic E-state index is 2.53. The molecule has 182 valence electrons. The Morgan fingerprint density at radius 3 is 1.62 bits per heavy atom. The van der Waals surface area contributed by atoms with E-state index in [1.807, 2.05) is 11.8 Å². The molecular formula is C36H23NSSi. The van der Waals surface area contributed by atoms with Crippen molar-refractivity contribution in [2.24, 2.45) is 0 Å². The zero-order chi connectivity index (χ0) is 25.6. The van der Waals surface area contributed by atoms with Gasteiger partial charge >= 0.3 is 0 Å². The average molecular weight is 530 g/mol. The van der Waals surface area contributed by atoms with Crippen molar-refractivity contribution in [3.63, 3.8) is 0 Å². The molecule has 1 nitrogen and oxygen atoms in total. The van der Waals surface area contributed by atoms with E-state index in [-0.39, 0.29) is 0 Å². The number of nitrogens with zero attached hydrogens (tertiary/aromatic N) is 1. The minimum atomic E-state index is -2.52. The molecule has 1 aromatic heterocycles. The Bertz CT molecular complexity index is 2020. The molecule has 0 N–H and O–H groups in total. The third-order valence-corrected chi connectivity index (χ3v) is 15.1. The van der Waals surface area contributed by atoms with Crippen molar-refractivity contribution in [1.82, 2.24) is 4.57 Å². The zero-order valence-electron chi connectivity index (χ0n) is 21.1. The Balaban J connectivity index is 1.43. The Morgan fingerprint density at radius 2 is 0.949 bits per heavy atom. The van der Waals surface area contributed by atoms with Crippen molar-refractivity contribution in [3.8, 4) is 16.8 Å². The van der Waals surface area contributed by atoms with Gasteiger partial charge < -0.3 is 4.57 Å². The highest BCUT2D eigenvalue weighted by molar-refractivity contribution is 8.00. The first-order valence-corrected chi connectivity index (χ1v) is 16.3. The third kappa shape index (κ3) is 2.71. The van der Waals surface area contributed by atoms with E-state index in [1.165, 1.54) is 69.2 Å². The van der Waals surface area contributed by atoms with Crippen LogP contribution in [0.5, 0.6) is 0 Å². The molecule has 7 aromatic rings. The number of aromatic nitrogens is 1. The van der Waals surface area contributed by atoms with E-state index in [0.29, 0.717) is 0 Å². The van der Waals surface area contributed by atoms with Crippen LogP contribution in [-0.4, -0.2) is 12.6 Å². The van der Waals surface area contributed by atoms with Gasteiger partial charge in [-0.2, -0.15) is 0 Å². The smallest absolute Gasteiger partial charge is 0.183 e. The fourth-order valence-electron chi connectivity index (χ4n) is 7.18. The first kappa shape index (κ1) is 21.6. The summed E-state index contributed by atoms with van der Waals surface area (Å²) in [5, 5.41) is 8.64. The first-order valence-electron chi connectivity index (χ1n) is 13.5. The Labute approximate surface area is 232 Å². The monoisotopic (exact) mass is 529 g/mol. The summed E-state index contributed by atoms with van der Waals surface area (Å²) in [5.74, 6) is 0. The van der Waals surface area contributed by atoms with E-state index in [2.05, 4.69) is 144 Å². The molecule has 6 aromatic carbocycles. The molecule has 2 aliphatic rings. The predicted molar refractivity (Wildman–Crippen MR) is 168 cm³/mol. The zero-order valence-corrected chi connectivity index (χ0v) is 23.0. The number of hydrogen-bond acceptors (Lipinski definition) is 1. The molecule has 0 radical (unpaired) electrons. The van der Waals surface area contributed by atoms with Crippen molar-refractivity contribution in [3.05, 3.63) is 140 Å². The van der Waals surface area contributed by atoms with Gasteiger partial charge in [0, 0.05) is 26.3 Å². The number of hydrogen-bond donors (Lipinski definition) is 0. The van der Waals surface area contributed by atoms with E-state index in [4.69, 9.17) is 0 Å². The quantitative estimate of drug-likeness (QED) is 0.217. The van der Waals surface area contributed by atoms with Crippen LogP contribution in [0, 0.1) is 0 Å². The van der Waals surface area contributed by atoms with Crippen molar-refractivity contribution in [2.45, 2.75) is 9.79 Å². The topological polar surface area (TPSA) is 4.93 Å². The maximum atomic E-state index is 2.53. The second-order valence-electron chi connectivity index (χ2n) is 10.5. The van der Waals surface area contributed by atoms with Gasteiger partial charge in [0.15, 0.2) is 8.07 Å². The second-order valence-corrected chi connectivity index (χ2v) is 15.2. The van der Waals surface area contributed by atoms with Gasteiger partial charge in [-0.05, 0) is 68.3 Å². The molecule has 0 saturated carbocycles. The molecule has 0 bridgehead atoms. The summed E-state index contributed by atoms with van der Waals surface area (Å²) in [6, 6.07) is 52.3. The molecule has 0 amide bonds. The minimum Gasteiger partial charge on any atom is -0.309 e. The molecule has 0 saturated heterocycles. The van der Waals surface area contributed by atoms with Gasteiger partial charge in [-0.3, -0.25) is 0 Å². The molecule has 1 spiro atoms. The summed E-state index contributed by atoms with van der Waals surface area (Å²) in [4.78, 5) is 2.78. The van der Waals surface area contributed by atoms with Crippen LogP contribution in [0.15, 0.2) is 149 Å². The summed E-state index contributed by atoms with van der Waals surface area (Å²) in [6.07, 6.45) is 0. The summed E-state index contributed by atoms with van der Waals surface area (Å²) < 4.78 is 2.46. The first-order chi connectivity index (χ1) is 19.4. The van der Waals surface area contributed by atoms with Gasteiger partial charge in [-0.25, -0.2) is 0 Å². The second kappa shape index (κ2) is 7.86. The van der Waals surface area contributed by atoms with Crippen molar-refractivity contribution in [1.29, 1.82) is 0 Å². The summed E-state index contributed by atoms with van der Waals surface area (Å²) >= 11 is 1.93. The largest absolute Gasteiger partial charge is 0.309 e. The van der Waals surface area contributed by atoms with Crippen LogP contribution < -0.4 is 20.7 Å². The Kier molecular flexibility index (Phi) is 4.35. The lowest BCUT2D eigenvalue weighted by Gasteiger charge is -2.38. The lowest BCUT2D eigenvalue weighted by Crippen LogP contribution is -2.74. The molecule has 9 rings (SSSR count). The SMILES string of the molecule is c1ccc2c(c1)Sc1ccc(-n3c4ccccc4c4ccccc43)cc1[Si]21c2ccccc2-c2ccccc21. The number of benzene rings is 6. The van der Waals surface area contributed by atoms with Crippen LogP contribution in [-0.2, 0) is 0 Å². The highest BCUT2D eigenvalue weighted by atomic mass is 32.2. The van der Waals surface area contributed by atoms with Gasteiger partial charge in [0.1, 0.15) is 0 Å². The van der Waals surface area contributed by atoms with E-state index in [1.54, 1.807) is 0 Å². The molecule has 39 heavy (non-hydrogen) atoms. The molecule has 2 aliphatic heterocycles. The van der Waals surface area contributed by atoms with E-state index in [0.717, 1.165) is 0 Å². The van der Waals surface area contributed by atoms with Gasteiger partial charge in [-0.15, -0.1) is 0 Å². The van der Waals surface area contributed by atoms with E-state index >= 15 is 0 Å². The average Bonchev–Trinajstić information content (AvgIpc) is 3.49. The highest BCUT2D eigenvalue weighted by Crippen LogP contribution is 2.39. The van der Waals surface area contributed by atoms with Crippen LogP contribution in [0.1, 0.15) is 0 Å². The highest BCUT2D eigenvalue weighted by Gasteiger charge is 2.52. The van der Waals surface area contributed by atoms with Crippen LogP contribution >= 0.6 is 11.8 Å². The standard InChI is InChI=1S/C36H23NSSi/c1-5-15-29-25(11-1)26-12-2-6-16-30(26)37(29)24-21-22-32-36(23-24)39(35-20-10-7-17-31(35)38-32)33-18-8-3-13-27(33)28-14-4-9-19-34(28)39/h1-23H. The number of para-hydroxylation sites is 2. The predicted octanol–water partition coefficient (Wildman–Crippen LogP) is 6.61. The minimum absolute atomic E-state index is 1.24. The molecular weight excluding hydrogens is 507 g/mol. The normalized spacial score (nSPS) is 14.3. The fourth-order valence-corrected chi connectivity index (χ4v) is 14.6. The van der Waals surface area contributed by atoms with Crippen molar-refractivity contribution >= 4 is 62.4 Å². The van der Waals surface area contributed by atoms with Crippen LogP contribution in [0.4, 0.5) is 0 Å².